The maximum absolute atomic E-state index is 12.3. The number of amides is 1. The maximum Gasteiger partial charge on any atom is 0.308 e. The van der Waals surface area contributed by atoms with Gasteiger partial charge in [0.05, 0.1) is 12.5 Å². The van der Waals surface area contributed by atoms with Gasteiger partial charge < -0.3 is 104 Å². The van der Waals surface area contributed by atoms with Crippen LogP contribution in [0.25, 0.3) is 0 Å². The summed E-state index contributed by atoms with van der Waals surface area (Å²) in [6.07, 6.45) is 32.7. The predicted octanol–water partition coefficient (Wildman–Crippen LogP) is 15.1. The van der Waals surface area contributed by atoms with Crippen LogP contribution in [0, 0.1) is 11.8 Å². The van der Waals surface area contributed by atoms with E-state index >= 15 is 0 Å². The summed E-state index contributed by atoms with van der Waals surface area (Å²) in [6.45, 7) is 41.8. The average molecular weight is 1580 g/mol. The fraction of sp³-hybridized carbons (Fsp3) is 0.976. The smallest absolute Gasteiger partial charge is 0.308 e. The van der Waals surface area contributed by atoms with E-state index in [0.717, 1.165) is 194 Å². The zero-order chi connectivity index (χ0) is 79.1. The highest BCUT2D eigenvalue weighted by atomic mass is 16.5. The molecule has 0 N–H and O–H groups in total. The predicted molar refractivity (Wildman–Crippen MR) is 434 cm³/mol. The summed E-state index contributed by atoms with van der Waals surface area (Å²) in [7, 11) is 1.71. The molecule has 0 heterocycles. The fourth-order valence-electron chi connectivity index (χ4n) is 10.3. The van der Waals surface area contributed by atoms with Crippen molar-refractivity contribution in [1.82, 2.24) is 4.90 Å². The molecule has 0 saturated heterocycles. The number of hydrogen-bond acceptors (Lipinski definition) is 23. The van der Waals surface area contributed by atoms with Crippen LogP contribution in [-0.4, -0.2) is 301 Å². The number of carbonyl (C=O) groups is 2. The molecule has 0 rings (SSSR count). The minimum atomic E-state index is -0.0292. The molecule has 0 spiro atoms. The fourth-order valence-corrected chi connectivity index (χ4v) is 10.3. The summed E-state index contributed by atoms with van der Waals surface area (Å²) in [4.78, 5) is 25.7. The van der Waals surface area contributed by atoms with Crippen molar-refractivity contribution in [3.8, 4) is 0 Å². The summed E-state index contributed by atoms with van der Waals surface area (Å²) in [5.74, 6) is 0.366. The van der Waals surface area contributed by atoms with Gasteiger partial charge in [-0.2, -0.15) is 0 Å². The standard InChI is InChI=1S/C68H137NO21.C17H34O2/c1-5-67(3)68(70)69(6-2)27-7-29-72-31-9-33-74-35-11-37-76-39-13-41-78-43-15-45-80-47-17-49-82-51-19-53-84-55-21-57-86-59-23-61-88-63-25-65-90-66-26-64-89-62-24-60-87-58-22-56-85-54-20-52-83-50-18-48-81-46-16-44-79-42-14-40-77-38-12-36-75-34-10-32-73-30-8-28-71-4;1-4-6-7-8-9-10-11-12-13-14-15-19-17(18)16(3)5-2/h67H,5-66H2,1-4H3;16H,4-15H2,1-3H3. The summed E-state index contributed by atoms with van der Waals surface area (Å²) in [5, 5.41) is 0. The third kappa shape index (κ3) is 94.9. The molecule has 1 amide bonds. The second-order valence-electron chi connectivity index (χ2n) is 27.6. The van der Waals surface area contributed by atoms with Crippen molar-refractivity contribution in [3.63, 3.8) is 0 Å². The normalized spacial score (nSPS) is 12.1. The molecule has 0 saturated carbocycles. The molecule has 0 aliphatic rings. The minimum Gasteiger partial charge on any atom is -0.465 e. The van der Waals surface area contributed by atoms with Crippen LogP contribution >= 0.6 is 0 Å². The summed E-state index contributed by atoms with van der Waals surface area (Å²) >= 11 is 0. The number of hydrogen-bond donors (Lipinski definition) is 0. The quantitative estimate of drug-likeness (QED) is 0.0407. The lowest BCUT2D eigenvalue weighted by atomic mass is 10.1. The molecule has 0 aliphatic carbocycles. The molecular weight excluding hydrogens is 1400 g/mol. The number of unbranched alkanes of at least 4 members (excludes halogenated alkanes) is 9. The van der Waals surface area contributed by atoms with Crippen LogP contribution in [0.1, 0.15) is 247 Å². The zero-order valence-electron chi connectivity index (χ0n) is 71.3. The third-order valence-corrected chi connectivity index (χ3v) is 17.2. The Bertz CT molecular complexity index is 1670. The highest BCUT2D eigenvalue weighted by Crippen LogP contribution is 2.12. The highest BCUT2D eigenvalue weighted by molar-refractivity contribution is 5.78. The van der Waals surface area contributed by atoms with Gasteiger partial charge in [0.25, 0.3) is 0 Å². The van der Waals surface area contributed by atoms with E-state index in [1.54, 1.807) is 7.11 Å². The van der Waals surface area contributed by atoms with Crippen LogP contribution in [0.2, 0.25) is 0 Å². The first kappa shape index (κ1) is 109. The minimum absolute atomic E-state index is 0.0292. The molecule has 0 aromatic carbocycles. The molecule has 2 atom stereocenters. The lowest BCUT2D eigenvalue weighted by Gasteiger charge is -2.23. The Kier molecular flexibility index (Phi) is 101. The molecule has 109 heavy (non-hydrogen) atoms. The monoisotopic (exact) mass is 1570 g/mol. The van der Waals surface area contributed by atoms with Crippen LogP contribution in [-0.2, 0) is 109 Å². The lowest BCUT2D eigenvalue weighted by Crippen LogP contribution is -2.36. The van der Waals surface area contributed by atoms with Gasteiger partial charge in [-0.3, -0.25) is 9.59 Å². The van der Waals surface area contributed by atoms with Crippen molar-refractivity contribution in [2.75, 3.05) is 284 Å². The van der Waals surface area contributed by atoms with E-state index in [1.807, 2.05) is 32.6 Å². The van der Waals surface area contributed by atoms with E-state index < -0.39 is 0 Å². The summed E-state index contributed by atoms with van der Waals surface area (Å²) in [6, 6.07) is 0. The lowest BCUT2D eigenvalue weighted by molar-refractivity contribution is -0.148. The van der Waals surface area contributed by atoms with Gasteiger partial charge in [0.15, 0.2) is 0 Å². The summed E-state index contributed by atoms with van der Waals surface area (Å²) < 4.78 is 118. The van der Waals surface area contributed by atoms with Gasteiger partial charge in [0, 0.05) is 284 Å². The largest absolute Gasteiger partial charge is 0.465 e. The Morgan fingerprint density at radius 3 is 0.587 bits per heavy atom. The van der Waals surface area contributed by atoms with Gasteiger partial charge in [0.2, 0.25) is 5.91 Å². The SMILES string of the molecule is CCC(C)C(=O)N(CC)CCCOCCCOCCCOCCCOCCCOCCCOCCCOCCCOCCCOCCCOCCCOCCCOCCCOCCCOCCCOCCCOCCCOCCCOCCCOCCCOC.CCCCCCCCCCCCOC(=O)C(C)CC. The highest BCUT2D eigenvalue weighted by Gasteiger charge is 2.17. The van der Waals surface area contributed by atoms with E-state index in [1.165, 1.54) is 57.8 Å². The molecule has 0 bridgehead atoms. The van der Waals surface area contributed by atoms with E-state index in [9.17, 15) is 9.59 Å². The molecule has 2 unspecified atom stereocenters. The number of esters is 1. The van der Waals surface area contributed by atoms with Crippen LogP contribution < -0.4 is 0 Å². The van der Waals surface area contributed by atoms with E-state index in [-0.39, 0.29) is 23.7 Å². The molecule has 0 aromatic rings. The molecule has 654 valence electrons. The van der Waals surface area contributed by atoms with Crippen LogP contribution in [0.15, 0.2) is 0 Å². The first-order valence-electron chi connectivity index (χ1n) is 43.8. The Labute approximate surface area is 666 Å². The second-order valence-corrected chi connectivity index (χ2v) is 27.6. The van der Waals surface area contributed by atoms with Gasteiger partial charge in [-0.1, -0.05) is 92.4 Å². The van der Waals surface area contributed by atoms with Gasteiger partial charge in [-0.05, 0) is 155 Å². The maximum atomic E-state index is 12.3. The van der Waals surface area contributed by atoms with Crippen LogP contribution in [0.4, 0.5) is 0 Å². The Morgan fingerprint density at radius 2 is 0.404 bits per heavy atom. The molecule has 0 aliphatic heterocycles. The number of carbonyl (C=O) groups excluding carboxylic acids is 2. The number of rotatable bonds is 96. The van der Waals surface area contributed by atoms with Crippen molar-refractivity contribution < 1.29 is 109 Å². The van der Waals surface area contributed by atoms with Crippen molar-refractivity contribution in [1.29, 1.82) is 0 Å². The summed E-state index contributed by atoms with van der Waals surface area (Å²) in [5.41, 5.74) is 0. The van der Waals surface area contributed by atoms with Gasteiger partial charge in [-0.25, -0.2) is 0 Å². The van der Waals surface area contributed by atoms with Crippen LogP contribution in [0.5, 0.6) is 0 Å². The van der Waals surface area contributed by atoms with E-state index in [2.05, 4.69) is 13.8 Å². The third-order valence-electron chi connectivity index (χ3n) is 17.2. The van der Waals surface area contributed by atoms with Crippen molar-refractivity contribution in [3.05, 3.63) is 0 Å². The molecule has 0 aromatic heterocycles. The van der Waals surface area contributed by atoms with E-state index in [4.69, 9.17) is 99.5 Å². The Balaban J connectivity index is 0. The van der Waals surface area contributed by atoms with Crippen molar-refractivity contribution >= 4 is 11.9 Å². The van der Waals surface area contributed by atoms with Gasteiger partial charge >= 0.3 is 5.97 Å². The average Bonchev–Trinajstić information content (AvgIpc) is 1.02. The number of ether oxygens (including phenoxy) is 21. The first-order chi connectivity index (χ1) is 53.9. The molecule has 24 nitrogen and oxygen atoms in total. The van der Waals surface area contributed by atoms with E-state index in [0.29, 0.717) is 231 Å². The molecule has 0 radical (unpaired) electrons. The van der Waals surface area contributed by atoms with Crippen molar-refractivity contribution in [2.24, 2.45) is 11.8 Å². The first-order valence-corrected chi connectivity index (χ1v) is 43.8. The molecule has 0 fully saturated rings. The molecule has 24 heteroatoms. The molecular formula is C85H171NO23. The van der Waals surface area contributed by atoms with Crippen molar-refractivity contribution in [2.45, 2.75) is 247 Å². The van der Waals surface area contributed by atoms with Crippen LogP contribution in [0.3, 0.4) is 0 Å². The number of methoxy groups -OCH3 is 1. The van der Waals surface area contributed by atoms with Gasteiger partial charge in [0.1, 0.15) is 0 Å². The Hall–Kier alpha value is -1.86. The number of nitrogens with zero attached hydrogens (tertiary/aromatic N) is 1. The topological polar surface area (TPSA) is 231 Å². The van der Waals surface area contributed by atoms with Gasteiger partial charge in [-0.15, -0.1) is 0 Å². The zero-order valence-corrected chi connectivity index (χ0v) is 71.3. The Morgan fingerprint density at radius 1 is 0.220 bits per heavy atom. The second kappa shape index (κ2) is 100.